The van der Waals surface area contributed by atoms with Crippen molar-refractivity contribution in [3.63, 3.8) is 0 Å². The second kappa shape index (κ2) is 7.94. The standard InChI is InChI=1S/C19H18ClN3O2/c1-13-4-2-3-5-16(13)19-22-18(25-23-19)10-11-21-17(24)12-14-6-8-15(20)9-7-14/h2-9H,10-12H2,1H3,(H,21,24). The fourth-order valence-electron chi connectivity index (χ4n) is 2.45. The number of benzene rings is 2. The summed E-state index contributed by atoms with van der Waals surface area (Å²) < 4.78 is 5.26. The monoisotopic (exact) mass is 355 g/mol. The molecule has 3 rings (SSSR count). The molecule has 5 nitrogen and oxygen atoms in total. The number of nitrogens with one attached hydrogen (secondary N) is 1. The van der Waals surface area contributed by atoms with Crippen LogP contribution in [0.5, 0.6) is 0 Å². The third kappa shape index (κ3) is 4.67. The van der Waals surface area contributed by atoms with Gasteiger partial charge in [0.05, 0.1) is 6.42 Å². The van der Waals surface area contributed by atoms with Crippen LogP contribution in [0.25, 0.3) is 11.4 Å². The zero-order chi connectivity index (χ0) is 17.6. The molecular weight excluding hydrogens is 338 g/mol. The lowest BCUT2D eigenvalue weighted by atomic mass is 10.1. The van der Waals surface area contributed by atoms with E-state index in [0.29, 0.717) is 36.1 Å². The van der Waals surface area contributed by atoms with Gasteiger partial charge >= 0.3 is 0 Å². The fraction of sp³-hybridized carbons (Fsp3) is 0.211. The first kappa shape index (κ1) is 17.2. The number of carbonyl (C=O) groups is 1. The van der Waals surface area contributed by atoms with Gasteiger partial charge in [-0.3, -0.25) is 4.79 Å². The smallest absolute Gasteiger partial charge is 0.228 e. The molecule has 0 aliphatic rings. The molecule has 128 valence electrons. The highest BCUT2D eigenvalue weighted by Crippen LogP contribution is 2.19. The van der Waals surface area contributed by atoms with Crippen molar-refractivity contribution in [1.82, 2.24) is 15.5 Å². The number of nitrogens with zero attached hydrogens (tertiary/aromatic N) is 2. The molecule has 1 amide bonds. The van der Waals surface area contributed by atoms with Gasteiger partial charge < -0.3 is 9.84 Å². The number of rotatable bonds is 6. The predicted octanol–water partition coefficient (Wildman–Crippen LogP) is 3.60. The summed E-state index contributed by atoms with van der Waals surface area (Å²) >= 11 is 5.83. The molecule has 0 saturated heterocycles. The minimum atomic E-state index is -0.0547. The van der Waals surface area contributed by atoms with E-state index in [0.717, 1.165) is 16.7 Å². The topological polar surface area (TPSA) is 68.0 Å². The first-order chi connectivity index (χ1) is 12.1. The van der Waals surface area contributed by atoms with E-state index >= 15 is 0 Å². The van der Waals surface area contributed by atoms with Gasteiger partial charge in [0.2, 0.25) is 17.6 Å². The van der Waals surface area contributed by atoms with Crippen LogP contribution in [0.4, 0.5) is 0 Å². The predicted molar refractivity (Wildman–Crippen MR) is 96.3 cm³/mol. The first-order valence-electron chi connectivity index (χ1n) is 8.01. The molecule has 3 aromatic rings. The van der Waals surface area contributed by atoms with E-state index < -0.39 is 0 Å². The highest BCUT2D eigenvalue weighted by molar-refractivity contribution is 6.30. The highest BCUT2D eigenvalue weighted by atomic mass is 35.5. The first-order valence-corrected chi connectivity index (χ1v) is 8.39. The molecule has 1 heterocycles. The summed E-state index contributed by atoms with van der Waals surface area (Å²) in [6.45, 7) is 2.45. The van der Waals surface area contributed by atoms with E-state index in [9.17, 15) is 4.79 Å². The van der Waals surface area contributed by atoms with Crippen molar-refractivity contribution in [3.05, 3.63) is 70.6 Å². The quantitative estimate of drug-likeness (QED) is 0.733. The van der Waals surface area contributed by atoms with Crippen LogP contribution >= 0.6 is 11.6 Å². The van der Waals surface area contributed by atoms with Crippen LogP contribution in [0.2, 0.25) is 5.02 Å². The van der Waals surface area contributed by atoms with Gasteiger partial charge in [-0.15, -0.1) is 0 Å². The summed E-state index contributed by atoms with van der Waals surface area (Å²) in [5.41, 5.74) is 2.96. The summed E-state index contributed by atoms with van der Waals surface area (Å²) in [5, 5.41) is 7.52. The number of hydrogen-bond donors (Lipinski definition) is 1. The number of halogens is 1. The Balaban J connectivity index is 1.50. The Morgan fingerprint density at radius 2 is 1.92 bits per heavy atom. The summed E-state index contributed by atoms with van der Waals surface area (Å²) in [5.74, 6) is 1.02. The van der Waals surface area contributed by atoms with E-state index in [1.807, 2.05) is 43.3 Å². The van der Waals surface area contributed by atoms with E-state index in [1.54, 1.807) is 12.1 Å². The molecule has 0 aliphatic carbocycles. The van der Waals surface area contributed by atoms with Crippen molar-refractivity contribution in [3.8, 4) is 11.4 Å². The maximum atomic E-state index is 11.9. The van der Waals surface area contributed by atoms with Crippen LogP contribution in [0.3, 0.4) is 0 Å². The van der Waals surface area contributed by atoms with Crippen LogP contribution in [0.1, 0.15) is 17.0 Å². The lowest BCUT2D eigenvalue weighted by Crippen LogP contribution is -2.27. The molecule has 0 spiro atoms. The zero-order valence-corrected chi connectivity index (χ0v) is 14.6. The molecule has 0 radical (unpaired) electrons. The van der Waals surface area contributed by atoms with Crippen molar-refractivity contribution in [2.45, 2.75) is 19.8 Å². The van der Waals surface area contributed by atoms with E-state index in [4.69, 9.17) is 16.1 Å². The molecule has 1 aromatic heterocycles. The average Bonchev–Trinajstić information content (AvgIpc) is 3.06. The molecular formula is C19H18ClN3O2. The van der Waals surface area contributed by atoms with Gasteiger partial charge in [-0.2, -0.15) is 4.98 Å². The average molecular weight is 356 g/mol. The third-order valence-corrected chi connectivity index (χ3v) is 4.05. The molecule has 6 heteroatoms. The molecule has 0 fully saturated rings. The summed E-state index contributed by atoms with van der Waals surface area (Å²) in [4.78, 5) is 16.3. The number of carbonyl (C=O) groups excluding carboxylic acids is 1. The number of aryl methyl sites for hydroxylation is 1. The highest BCUT2D eigenvalue weighted by Gasteiger charge is 2.11. The van der Waals surface area contributed by atoms with Crippen LogP contribution in [0.15, 0.2) is 53.1 Å². The maximum absolute atomic E-state index is 11.9. The Morgan fingerprint density at radius 1 is 1.16 bits per heavy atom. The lowest BCUT2D eigenvalue weighted by molar-refractivity contribution is -0.120. The molecule has 0 atom stereocenters. The summed E-state index contributed by atoms with van der Waals surface area (Å²) in [6.07, 6.45) is 0.806. The Labute approximate surface area is 151 Å². The SMILES string of the molecule is Cc1ccccc1-c1noc(CCNC(=O)Cc2ccc(Cl)cc2)n1. The van der Waals surface area contributed by atoms with Gasteiger partial charge in [0.1, 0.15) is 0 Å². The molecule has 0 saturated carbocycles. The summed E-state index contributed by atoms with van der Waals surface area (Å²) in [7, 11) is 0. The number of amides is 1. The molecule has 0 bridgehead atoms. The van der Waals surface area contributed by atoms with Crippen LogP contribution in [-0.2, 0) is 17.6 Å². The largest absolute Gasteiger partial charge is 0.355 e. The maximum Gasteiger partial charge on any atom is 0.228 e. The Morgan fingerprint density at radius 3 is 2.68 bits per heavy atom. The van der Waals surface area contributed by atoms with Crippen molar-refractivity contribution in [2.24, 2.45) is 0 Å². The Bertz CT molecular complexity index is 859. The Kier molecular flexibility index (Phi) is 5.46. The van der Waals surface area contributed by atoms with Gasteiger partial charge in [-0.1, -0.05) is 53.2 Å². The lowest BCUT2D eigenvalue weighted by Gasteiger charge is -2.03. The summed E-state index contributed by atoms with van der Waals surface area (Å²) in [6, 6.07) is 15.1. The van der Waals surface area contributed by atoms with E-state index in [-0.39, 0.29) is 5.91 Å². The second-order valence-electron chi connectivity index (χ2n) is 5.73. The van der Waals surface area contributed by atoms with Gasteiger partial charge in [0, 0.05) is 23.6 Å². The number of aromatic nitrogens is 2. The number of hydrogen-bond acceptors (Lipinski definition) is 4. The van der Waals surface area contributed by atoms with Crippen molar-refractivity contribution in [2.75, 3.05) is 6.54 Å². The van der Waals surface area contributed by atoms with Gasteiger partial charge in [-0.25, -0.2) is 0 Å². The molecule has 2 aromatic carbocycles. The minimum absolute atomic E-state index is 0.0547. The third-order valence-electron chi connectivity index (χ3n) is 3.79. The fourth-order valence-corrected chi connectivity index (χ4v) is 2.57. The van der Waals surface area contributed by atoms with Crippen LogP contribution < -0.4 is 5.32 Å². The zero-order valence-electron chi connectivity index (χ0n) is 13.8. The molecule has 25 heavy (non-hydrogen) atoms. The van der Waals surface area contributed by atoms with Gasteiger partial charge in [0.25, 0.3) is 0 Å². The second-order valence-corrected chi connectivity index (χ2v) is 6.17. The van der Waals surface area contributed by atoms with Crippen LogP contribution in [-0.4, -0.2) is 22.6 Å². The van der Waals surface area contributed by atoms with Crippen molar-refractivity contribution < 1.29 is 9.32 Å². The van der Waals surface area contributed by atoms with E-state index in [2.05, 4.69) is 15.5 Å². The van der Waals surface area contributed by atoms with Crippen molar-refractivity contribution in [1.29, 1.82) is 0 Å². The molecule has 0 unspecified atom stereocenters. The van der Waals surface area contributed by atoms with Crippen molar-refractivity contribution >= 4 is 17.5 Å². The van der Waals surface area contributed by atoms with Crippen LogP contribution in [0, 0.1) is 6.92 Å². The normalized spacial score (nSPS) is 10.6. The molecule has 1 N–H and O–H groups in total. The van der Waals surface area contributed by atoms with Gasteiger partial charge in [0.15, 0.2) is 0 Å². The van der Waals surface area contributed by atoms with Gasteiger partial charge in [-0.05, 0) is 30.2 Å². The molecule has 0 aliphatic heterocycles. The van der Waals surface area contributed by atoms with E-state index in [1.165, 1.54) is 0 Å². The Hall–Kier alpha value is -2.66. The minimum Gasteiger partial charge on any atom is -0.355 e.